The molecule has 136 valence electrons. The number of piperidine rings is 1. The van der Waals surface area contributed by atoms with Gasteiger partial charge < -0.3 is 4.74 Å². The van der Waals surface area contributed by atoms with E-state index in [0.29, 0.717) is 10.0 Å². The van der Waals surface area contributed by atoms with Gasteiger partial charge in [0.05, 0.1) is 10.0 Å². The zero-order valence-corrected chi connectivity index (χ0v) is 16.4. The third-order valence-electron chi connectivity index (χ3n) is 4.77. The molecule has 0 N–H and O–H groups in total. The Bertz CT molecular complexity index is 481. The van der Waals surface area contributed by atoms with Gasteiger partial charge in [-0.05, 0) is 37.8 Å². The Morgan fingerprint density at radius 1 is 1.00 bits per heavy atom. The molecule has 0 saturated carbocycles. The smallest absolute Gasteiger partial charge is 0.152 e. The molecule has 0 aliphatic carbocycles. The van der Waals surface area contributed by atoms with Crippen molar-refractivity contribution in [1.29, 1.82) is 0 Å². The molecule has 2 rings (SSSR count). The van der Waals surface area contributed by atoms with E-state index in [4.69, 9.17) is 27.9 Å². The molecule has 24 heavy (non-hydrogen) atoms. The van der Waals surface area contributed by atoms with Crippen molar-refractivity contribution in [2.24, 2.45) is 0 Å². The molecule has 1 heterocycles. The summed E-state index contributed by atoms with van der Waals surface area (Å²) < 4.78 is 6.20. The normalized spacial score (nSPS) is 18.7. The fourth-order valence-electron chi connectivity index (χ4n) is 3.33. The van der Waals surface area contributed by atoms with Crippen molar-refractivity contribution in [1.82, 2.24) is 4.90 Å². The summed E-state index contributed by atoms with van der Waals surface area (Å²) >= 11 is 12.1. The topological polar surface area (TPSA) is 12.5 Å². The van der Waals surface area contributed by atoms with E-state index in [-0.39, 0.29) is 6.23 Å². The van der Waals surface area contributed by atoms with E-state index in [2.05, 4.69) is 11.8 Å². The van der Waals surface area contributed by atoms with Crippen LogP contribution in [0, 0.1) is 0 Å². The fourth-order valence-corrected chi connectivity index (χ4v) is 3.62. The monoisotopic (exact) mass is 371 g/mol. The number of nitrogens with zero attached hydrogens (tertiary/aromatic N) is 1. The summed E-state index contributed by atoms with van der Waals surface area (Å²) in [5.74, 6) is 0.820. The van der Waals surface area contributed by atoms with Crippen LogP contribution in [0.15, 0.2) is 18.2 Å². The summed E-state index contributed by atoms with van der Waals surface area (Å²) in [6.45, 7) is 4.55. The maximum Gasteiger partial charge on any atom is 0.152 e. The van der Waals surface area contributed by atoms with Gasteiger partial charge >= 0.3 is 0 Å². The minimum absolute atomic E-state index is 0.177. The van der Waals surface area contributed by atoms with Crippen LogP contribution in [-0.4, -0.2) is 24.2 Å². The van der Waals surface area contributed by atoms with Gasteiger partial charge in [-0.3, -0.25) is 4.90 Å². The second kappa shape index (κ2) is 11.2. The fraction of sp³-hybridized carbons (Fsp3) is 0.700. The molecule has 0 spiro atoms. The number of halogens is 2. The summed E-state index contributed by atoms with van der Waals surface area (Å²) in [6, 6.07) is 5.54. The standard InChI is InChI=1S/C20H31Cl2NO/c1-2-3-4-5-6-7-9-14-23-15-10-8-11-20(23)24-17-12-13-18(21)19(22)16-17/h12-13,16,20H,2-11,14-15H2,1H3. The number of unbranched alkanes of at least 4 members (excludes halogenated alkanes) is 6. The molecule has 1 aliphatic heterocycles. The van der Waals surface area contributed by atoms with Crippen LogP contribution in [0.1, 0.15) is 71.1 Å². The van der Waals surface area contributed by atoms with Gasteiger partial charge in [-0.25, -0.2) is 0 Å². The third kappa shape index (κ3) is 6.82. The summed E-state index contributed by atoms with van der Waals surface area (Å²) in [7, 11) is 0. The van der Waals surface area contributed by atoms with E-state index in [1.807, 2.05) is 18.2 Å². The SMILES string of the molecule is CCCCCCCCCN1CCCCC1Oc1ccc(Cl)c(Cl)c1. The first-order valence-corrected chi connectivity index (χ1v) is 10.3. The highest BCUT2D eigenvalue weighted by molar-refractivity contribution is 6.42. The van der Waals surface area contributed by atoms with Crippen LogP contribution in [0.3, 0.4) is 0 Å². The van der Waals surface area contributed by atoms with Crippen LogP contribution in [0.4, 0.5) is 0 Å². The number of ether oxygens (including phenoxy) is 1. The average Bonchev–Trinajstić information content (AvgIpc) is 2.59. The van der Waals surface area contributed by atoms with Crippen molar-refractivity contribution in [2.75, 3.05) is 13.1 Å². The number of hydrogen-bond acceptors (Lipinski definition) is 2. The first-order chi connectivity index (χ1) is 11.7. The van der Waals surface area contributed by atoms with Gasteiger partial charge in [0.15, 0.2) is 6.23 Å². The molecule has 1 unspecified atom stereocenters. The first-order valence-electron chi connectivity index (χ1n) is 9.56. The van der Waals surface area contributed by atoms with Crippen LogP contribution in [0.2, 0.25) is 10.0 Å². The summed E-state index contributed by atoms with van der Waals surface area (Å²) in [6.07, 6.45) is 13.2. The molecule has 0 aromatic heterocycles. The predicted octanol–water partition coefficient (Wildman–Crippen LogP) is 6.93. The van der Waals surface area contributed by atoms with E-state index >= 15 is 0 Å². The third-order valence-corrected chi connectivity index (χ3v) is 5.50. The maximum atomic E-state index is 6.20. The van der Waals surface area contributed by atoms with Gasteiger partial charge in [-0.2, -0.15) is 0 Å². The second-order valence-corrected chi connectivity index (χ2v) is 7.62. The first kappa shape index (κ1) is 19.9. The molecule has 1 fully saturated rings. The average molecular weight is 372 g/mol. The zero-order chi connectivity index (χ0) is 17.2. The van der Waals surface area contributed by atoms with E-state index in [1.54, 1.807) is 0 Å². The highest BCUT2D eigenvalue weighted by atomic mass is 35.5. The lowest BCUT2D eigenvalue weighted by molar-refractivity contribution is -0.00473. The van der Waals surface area contributed by atoms with Crippen LogP contribution in [-0.2, 0) is 0 Å². The van der Waals surface area contributed by atoms with Crippen molar-refractivity contribution in [3.8, 4) is 5.75 Å². The Labute approximate surface area is 157 Å². The quantitative estimate of drug-likeness (QED) is 0.413. The zero-order valence-electron chi connectivity index (χ0n) is 14.9. The molecule has 1 aromatic rings. The Hall–Kier alpha value is -0.440. The Morgan fingerprint density at radius 2 is 1.75 bits per heavy atom. The van der Waals surface area contributed by atoms with Crippen molar-refractivity contribution in [2.45, 2.75) is 77.4 Å². The molecule has 0 bridgehead atoms. The molecular weight excluding hydrogens is 341 g/mol. The summed E-state index contributed by atoms with van der Waals surface area (Å²) in [5.41, 5.74) is 0. The molecular formula is C20H31Cl2NO. The molecule has 0 radical (unpaired) electrons. The lowest BCUT2D eigenvalue weighted by atomic mass is 10.1. The highest BCUT2D eigenvalue weighted by Crippen LogP contribution is 2.29. The van der Waals surface area contributed by atoms with Crippen molar-refractivity contribution < 1.29 is 4.74 Å². The van der Waals surface area contributed by atoms with Gasteiger partial charge in [0.1, 0.15) is 5.75 Å². The van der Waals surface area contributed by atoms with E-state index < -0.39 is 0 Å². The van der Waals surface area contributed by atoms with Crippen molar-refractivity contribution in [3.05, 3.63) is 28.2 Å². The molecule has 1 saturated heterocycles. The second-order valence-electron chi connectivity index (χ2n) is 6.80. The van der Waals surface area contributed by atoms with Gasteiger partial charge in [0, 0.05) is 19.2 Å². The highest BCUT2D eigenvalue weighted by Gasteiger charge is 2.23. The summed E-state index contributed by atoms with van der Waals surface area (Å²) in [4.78, 5) is 2.50. The number of rotatable bonds is 10. The van der Waals surface area contributed by atoms with Crippen LogP contribution >= 0.6 is 23.2 Å². The van der Waals surface area contributed by atoms with Crippen LogP contribution < -0.4 is 4.74 Å². The number of likely N-dealkylation sites (tertiary alicyclic amines) is 1. The van der Waals surface area contributed by atoms with Crippen molar-refractivity contribution in [3.63, 3.8) is 0 Å². The van der Waals surface area contributed by atoms with Crippen molar-refractivity contribution >= 4 is 23.2 Å². The van der Waals surface area contributed by atoms with Gasteiger partial charge in [0.25, 0.3) is 0 Å². The van der Waals surface area contributed by atoms with Crippen LogP contribution in [0.25, 0.3) is 0 Å². The van der Waals surface area contributed by atoms with Gasteiger partial charge in [-0.15, -0.1) is 0 Å². The molecule has 4 heteroatoms. The molecule has 2 nitrogen and oxygen atoms in total. The minimum Gasteiger partial charge on any atom is -0.475 e. The van der Waals surface area contributed by atoms with E-state index in [1.165, 1.54) is 57.8 Å². The lowest BCUT2D eigenvalue weighted by Gasteiger charge is -2.35. The summed E-state index contributed by atoms with van der Waals surface area (Å²) in [5, 5.41) is 1.14. The Balaban J connectivity index is 1.74. The number of benzene rings is 1. The molecule has 1 aliphatic rings. The van der Waals surface area contributed by atoms with Gasteiger partial charge in [0.2, 0.25) is 0 Å². The van der Waals surface area contributed by atoms with E-state index in [9.17, 15) is 0 Å². The predicted molar refractivity (Wildman–Crippen MR) is 104 cm³/mol. The molecule has 1 atom stereocenters. The molecule has 1 aromatic carbocycles. The van der Waals surface area contributed by atoms with Gasteiger partial charge in [-0.1, -0.05) is 68.7 Å². The minimum atomic E-state index is 0.177. The number of hydrogen-bond donors (Lipinski definition) is 0. The maximum absolute atomic E-state index is 6.20. The Morgan fingerprint density at radius 3 is 2.50 bits per heavy atom. The van der Waals surface area contributed by atoms with E-state index in [0.717, 1.165) is 25.3 Å². The lowest BCUT2D eigenvalue weighted by Crippen LogP contribution is -2.43. The van der Waals surface area contributed by atoms with Crippen LogP contribution in [0.5, 0.6) is 5.75 Å². The largest absolute Gasteiger partial charge is 0.475 e. The molecule has 0 amide bonds. The Kier molecular flexibility index (Phi) is 9.30.